The smallest absolute Gasteiger partial charge is 0.221 e. The molecule has 0 aliphatic heterocycles. The molecular weight excluding hydrogens is 326 g/mol. The Bertz CT molecular complexity index is 1050. The number of fused-ring (bicyclic) bond motifs is 1. The maximum absolute atomic E-state index is 11.1. The first-order valence-corrected chi connectivity index (χ1v) is 8.22. The average Bonchev–Trinajstić information content (AvgIpc) is 3.09. The van der Waals surface area contributed by atoms with Crippen LogP contribution in [0, 0.1) is 0 Å². The topological polar surface area (TPSA) is 82.7 Å². The Kier molecular flexibility index (Phi) is 4.07. The number of aromatic amines is 1. The molecule has 26 heavy (non-hydrogen) atoms. The van der Waals surface area contributed by atoms with Crippen LogP contribution in [0.5, 0.6) is 0 Å². The van der Waals surface area contributed by atoms with Gasteiger partial charge in [0.1, 0.15) is 5.82 Å². The van der Waals surface area contributed by atoms with Gasteiger partial charge in [-0.05, 0) is 48.5 Å². The van der Waals surface area contributed by atoms with E-state index >= 15 is 0 Å². The van der Waals surface area contributed by atoms with Gasteiger partial charge in [-0.1, -0.05) is 0 Å². The van der Waals surface area contributed by atoms with E-state index in [1.54, 1.807) is 12.4 Å². The Balaban J connectivity index is 1.64. The standard InChI is InChI=1S/C20H17N5O/c1-13(26)23-15-4-6-16(7-5-15)24-20-17-11-19(14-3-2-9-21-12-14)25-18(17)8-10-22-20/h2-12,25H,1H3,(H,22,24)(H,23,26). The summed E-state index contributed by atoms with van der Waals surface area (Å²) in [6, 6.07) is 15.4. The van der Waals surface area contributed by atoms with Crippen molar-refractivity contribution in [3.63, 3.8) is 0 Å². The van der Waals surface area contributed by atoms with Crippen molar-refractivity contribution < 1.29 is 4.79 Å². The SMILES string of the molecule is CC(=O)Nc1ccc(Nc2nccc3[nH]c(-c4cccnc4)cc23)cc1. The first-order valence-electron chi connectivity index (χ1n) is 8.22. The van der Waals surface area contributed by atoms with E-state index < -0.39 is 0 Å². The molecule has 3 aromatic heterocycles. The van der Waals surface area contributed by atoms with E-state index in [-0.39, 0.29) is 5.91 Å². The Labute approximate surface area is 150 Å². The molecule has 128 valence electrons. The Morgan fingerprint density at radius 1 is 1.04 bits per heavy atom. The van der Waals surface area contributed by atoms with E-state index in [2.05, 4.69) is 31.7 Å². The minimum atomic E-state index is -0.0904. The van der Waals surface area contributed by atoms with E-state index in [1.165, 1.54) is 6.92 Å². The number of nitrogens with zero attached hydrogens (tertiary/aromatic N) is 2. The number of rotatable bonds is 4. The fourth-order valence-corrected chi connectivity index (χ4v) is 2.81. The zero-order chi connectivity index (χ0) is 17.9. The van der Waals surface area contributed by atoms with Crippen molar-refractivity contribution in [2.75, 3.05) is 10.6 Å². The molecule has 6 nitrogen and oxygen atoms in total. The van der Waals surface area contributed by atoms with Crippen molar-refractivity contribution in [2.45, 2.75) is 6.92 Å². The molecule has 0 saturated heterocycles. The monoisotopic (exact) mass is 343 g/mol. The Morgan fingerprint density at radius 2 is 1.85 bits per heavy atom. The van der Waals surface area contributed by atoms with Gasteiger partial charge < -0.3 is 15.6 Å². The summed E-state index contributed by atoms with van der Waals surface area (Å²) in [5, 5.41) is 7.08. The fraction of sp³-hybridized carbons (Fsp3) is 0.0500. The molecule has 6 heteroatoms. The second-order valence-corrected chi connectivity index (χ2v) is 5.93. The van der Waals surface area contributed by atoms with Crippen molar-refractivity contribution in [3.8, 4) is 11.3 Å². The highest BCUT2D eigenvalue weighted by atomic mass is 16.1. The van der Waals surface area contributed by atoms with Gasteiger partial charge in [0.15, 0.2) is 0 Å². The van der Waals surface area contributed by atoms with Gasteiger partial charge in [-0.2, -0.15) is 0 Å². The number of hydrogen-bond donors (Lipinski definition) is 3. The second kappa shape index (κ2) is 6.68. The van der Waals surface area contributed by atoms with E-state index in [4.69, 9.17) is 0 Å². The van der Waals surface area contributed by atoms with Crippen LogP contribution in [-0.4, -0.2) is 20.9 Å². The third-order valence-corrected chi connectivity index (χ3v) is 3.99. The van der Waals surface area contributed by atoms with E-state index in [0.717, 1.165) is 39.4 Å². The number of hydrogen-bond acceptors (Lipinski definition) is 4. The number of carbonyl (C=O) groups excluding carboxylic acids is 1. The van der Waals surface area contributed by atoms with Crippen LogP contribution in [0.4, 0.5) is 17.2 Å². The molecule has 0 aliphatic rings. The van der Waals surface area contributed by atoms with Crippen molar-refractivity contribution in [3.05, 3.63) is 67.1 Å². The van der Waals surface area contributed by atoms with E-state index in [0.29, 0.717) is 0 Å². The van der Waals surface area contributed by atoms with Gasteiger partial charge in [-0.15, -0.1) is 0 Å². The summed E-state index contributed by atoms with van der Waals surface area (Å²) in [5.41, 5.74) is 4.66. The molecule has 4 rings (SSSR count). The third-order valence-electron chi connectivity index (χ3n) is 3.99. The first kappa shape index (κ1) is 15.8. The van der Waals surface area contributed by atoms with E-state index in [9.17, 15) is 4.79 Å². The molecule has 0 bridgehead atoms. The quantitative estimate of drug-likeness (QED) is 0.515. The summed E-state index contributed by atoms with van der Waals surface area (Å²) < 4.78 is 0. The summed E-state index contributed by atoms with van der Waals surface area (Å²) in [4.78, 5) is 23.1. The third kappa shape index (κ3) is 3.25. The maximum Gasteiger partial charge on any atom is 0.221 e. The largest absolute Gasteiger partial charge is 0.354 e. The molecule has 1 aromatic carbocycles. The summed E-state index contributed by atoms with van der Waals surface area (Å²) in [7, 11) is 0. The van der Waals surface area contributed by atoms with E-state index in [1.807, 2.05) is 48.7 Å². The molecule has 0 aliphatic carbocycles. The first-order chi connectivity index (χ1) is 12.7. The minimum absolute atomic E-state index is 0.0904. The molecule has 0 saturated carbocycles. The van der Waals surface area contributed by atoms with Crippen LogP contribution in [0.2, 0.25) is 0 Å². The van der Waals surface area contributed by atoms with Crippen LogP contribution in [0.1, 0.15) is 6.92 Å². The van der Waals surface area contributed by atoms with Crippen molar-refractivity contribution in [1.82, 2.24) is 15.0 Å². The van der Waals surface area contributed by atoms with Crippen LogP contribution in [-0.2, 0) is 4.79 Å². The van der Waals surface area contributed by atoms with Gasteiger partial charge in [-0.25, -0.2) is 4.98 Å². The van der Waals surface area contributed by atoms with Crippen LogP contribution in [0.25, 0.3) is 22.2 Å². The molecule has 0 radical (unpaired) electrons. The normalized spacial score (nSPS) is 10.7. The summed E-state index contributed by atoms with van der Waals surface area (Å²) in [5.74, 6) is 0.675. The molecule has 3 N–H and O–H groups in total. The van der Waals surface area contributed by atoms with Gasteiger partial charge in [-0.3, -0.25) is 9.78 Å². The molecule has 0 spiro atoms. The molecule has 1 amide bonds. The average molecular weight is 343 g/mol. The van der Waals surface area contributed by atoms with Gasteiger partial charge >= 0.3 is 0 Å². The number of carbonyl (C=O) groups is 1. The van der Waals surface area contributed by atoms with Crippen molar-refractivity contribution >= 4 is 34.0 Å². The number of benzene rings is 1. The Morgan fingerprint density at radius 3 is 2.58 bits per heavy atom. The van der Waals surface area contributed by atoms with Crippen molar-refractivity contribution in [1.29, 1.82) is 0 Å². The number of anilines is 3. The zero-order valence-electron chi connectivity index (χ0n) is 14.2. The fourth-order valence-electron chi connectivity index (χ4n) is 2.81. The van der Waals surface area contributed by atoms with Crippen LogP contribution in [0.15, 0.2) is 67.1 Å². The molecule has 0 fully saturated rings. The van der Waals surface area contributed by atoms with Gasteiger partial charge in [0, 0.05) is 53.5 Å². The lowest BCUT2D eigenvalue weighted by atomic mass is 10.2. The lowest BCUT2D eigenvalue weighted by Gasteiger charge is -2.08. The zero-order valence-corrected chi connectivity index (χ0v) is 14.2. The number of pyridine rings is 2. The predicted octanol–water partition coefficient (Wildman–Crippen LogP) is 4.33. The number of aromatic nitrogens is 3. The molecule has 3 heterocycles. The van der Waals surface area contributed by atoms with Crippen LogP contribution >= 0.6 is 0 Å². The molecule has 4 aromatic rings. The van der Waals surface area contributed by atoms with Crippen molar-refractivity contribution in [2.24, 2.45) is 0 Å². The minimum Gasteiger partial charge on any atom is -0.354 e. The molecule has 0 unspecified atom stereocenters. The second-order valence-electron chi connectivity index (χ2n) is 5.93. The number of H-pyrrole nitrogens is 1. The lowest BCUT2D eigenvalue weighted by molar-refractivity contribution is -0.114. The van der Waals surface area contributed by atoms with Crippen LogP contribution in [0.3, 0.4) is 0 Å². The van der Waals surface area contributed by atoms with Gasteiger partial charge in [0.05, 0.1) is 5.52 Å². The lowest BCUT2D eigenvalue weighted by Crippen LogP contribution is -2.05. The van der Waals surface area contributed by atoms with Gasteiger partial charge in [0.2, 0.25) is 5.91 Å². The Hall–Kier alpha value is -3.67. The number of nitrogens with one attached hydrogen (secondary N) is 3. The summed E-state index contributed by atoms with van der Waals surface area (Å²) >= 11 is 0. The van der Waals surface area contributed by atoms with Gasteiger partial charge in [0.25, 0.3) is 0 Å². The molecular formula is C20H17N5O. The highest BCUT2D eigenvalue weighted by molar-refractivity contribution is 5.95. The summed E-state index contributed by atoms with van der Waals surface area (Å²) in [6.07, 6.45) is 5.34. The highest BCUT2D eigenvalue weighted by Gasteiger charge is 2.09. The van der Waals surface area contributed by atoms with Crippen LogP contribution < -0.4 is 10.6 Å². The highest BCUT2D eigenvalue weighted by Crippen LogP contribution is 2.29. The molecule has 0 atom stereocenters. The summed E-state index contributed by atoms with van der Waals surface area (Å²) in [6.45, 7) is 1.49. The predicted molar refractivity (Wildman–Crippen MR) is 103 cm³/mol. The maximum atomic E-state index is 11.1. The number of amides is 1.